The van der Waals surface area contributed by atoms with E-state index in [4.69, 9.17) is 4.99 Å². The van der Waals surface area contributed by atoms with Crippen LogP contribution in [-0.4, -0.2) is 34.2 Å². The molecule has 1 aliphatic heterocycles. The SMILES string of the molecule is O=C(/N=C1\SCCN1C(=O)C12CC3CCC(C1)C(C3)C2)C1CC2CCC3CCC1C3C2. The molecule has 9 atom stereocenters. The minimum Gasteiger partial charge on any atom is -0.290 e. The normalized spacial score (nSPS) is 51.0. The van der Waals surface area contributed by atoms with Crippen LogP contribution in [-0.2, 0) is 9.59 Å². The highest BCUT2D eigenvalue weighted by Crippen LogP contribution is 2.62. The average Bonchev–Trinajstić information content (AvgIpc) is 3.46. The van der Waals surface area contributed by atoms with Gasteiger partial charge >= 0.3 is 0 Å². The van der Waals surface area contributed by atoms with Crippen molar-refractivity contribution >= 4 is 28.7 Å². The van der Waals surface area contributed by atoms with Crippen LogP contribution < -0.4 is 0 Å². The maximum Gasteiger partial charge on any atom is 0.251 e. The van der Waals surface area contributed by atoms with E-state index in [9.17, 15) is 9.59 Å². The van der Waals surface area contributed by atoms with Gasteiger partial charge in [0.1, 0.15) is 0 Å². The lowest BCUT2D eigenvalue weighted by atomic mass is 9.62. The van der Waals surface area contributed by atoms with Crippen molar-refractivity contribution in [3.05, 3.63) is 0 Å². The summed E-state index contributed by atoms with van der Waals surface area (Å²) in [4.78, 5) is 34.0. The quantitative estimate of drug-likeness (QED) is 0.599. The van der Waals surface area contributed by atoms with Gasteiger partial charge in [-0.2, -0.15) is 4.99 Å². The highest BCUT2D eigenvalue weighted by Gasteiger charge is 2.58. The van der Waals surface area contributed by atoms with Gasteiger partial charge in [-0.1, -0.05) is 24.6 Å². The van der Waals surface area contributed by atoms with E-state index >= 15 is 0 Å². The van der Waals surface area contributed by atoms with E-state index in [0.29, 0.717) is 11.8 Å². The number of rotatable bonds is 2. The van der Waals surface area contributed by atoms with Crippen LogP contribution in [0, 0.1) is 52.8 Å². The molecule has 5 bridgehead atoms. The second kappa shape index (κ2) is 7.08. The van der Waals surface area contributed by atoms with E-state index in [1.165, 1.54) is 51.4 Å². The van der Waals surface area contributed by atoms with E-state index in [1.54, 1.807) is 11.8 Å². The smallest absolute Gasteiger partial charge is 0.251 e. The molecule has 5 heteroatoms. The monoisotopic (exact) mass is 440 g/mol. The molecule has 168 valence electrons. The van der Waals surface area contributed by atoms with Crippen molar-refractivity contribution in [1.29, 1.82) is 0 Å². The molecule has 2 amide bonds. The van der Waals surface area contributed by atoms with Crippen molar-refractivity contribution in [2.75, 3.05) is 12.3 Å². The molecule has 4 nitrogen and oxygen atoms in total. The molecule has 6 aliphatic carbocycles. The molecule has 6 saturated carbocycles. The Hall–Kier alpha value is -0.840. The molecular formula is C26H36N2O2S. The molecule has 0 aromatic rings. The number of amidine groups is 1. The third kappa shape index (κ3) is 2.97. The van der Waals surface area contributed by atoms with Gasteiger partial charge in [-0.05, 0) is 106 Å². The Bertz CT molecular complexity index is 837. The third-order valence-corrected chi connectivity index (χ3v) is 11.9. The van der Waals surface area contributed by atoms with Crippen molar-refractivity contribution in [2.24, 2.45) is 57.8 Å². The summed E-state index contributed by atoms with van der Waals surface area (Å²) in [5.74, 6) is 6.73. The van der Waals surface area contributed by atoms with Crippen molar-refractivity contribution in [2.45, 2.75) is 77.0 Å². The zero-order chi connectivity index (χ0) is 20.7. The fourth-order valence-electron chi connectivity index (χ4n) is 9.74. The molecule has 0 N–H and O–H groups in total. The van der Waals surface area contributed by atoms with Gasteiger partial charge in [0, 0.05) is 18.2 Å². The second-order valence-electron chi connectivity index (χ2n) is 12.3. The first-order valence-corrected chi connectivity index (χ1v) is 14.2. The predicted molar refractivity (Wildman–Crippen MR) is 122 cm³/mol. The first kappa shape index (κ1) is 19.6. The number of carbonyl (C=O) groups excluding carboxylic acids is 2. The molecular weight excluding hydrogens is 404 g/mol. The van der Waals surface area contributed by atoms with Gasteiger partial charge in [-0.3, -0.25) is 14.5 Å². The zero-order valence-electron chi connectivity index (χ0n) is 18.6. The Balaban J connectivity index is 1.12. The van der Waals surface area contributed by atoms with Crippen LogP contribution in [0.4, 0.5) is 0 Å². The van der Waals surface area contributed by atoms with Gasteiger partial charge in [0.2, 0.25) is 5.91 Å². The van der Waals surface area contributed by atoms with Crippen LogP contribution in [0.1, 0.15) is 77.0 Å². The highest BCUT2D eigenvalue weighted by atomic mass is 32.2. The third-order valence-electron chi connectivity index (χ3n) is 10.9. The van der Waals surface area contributed by atoms with Gasteiger partial charge in [0.05, 0.1) is 5.41 Å². The fraction of sp³-hybridized carbons (Fsp3) is 0.885. The highest BCUT2D eigenvalue weighted by molar-refractivity contribution is 8.14. The maximum absolute atomic E-state index is 13.9. The van der Waals surface area contributed by atoms with E-state index in [2.05, 4.69) is 0 Å². The Morgan fingerprint density at radius 1 is 0.839 bits per heavy atom. The largest absolute Gasteiger partial charge is 0.290 e. The summed E-state index contributed by atoms with van der Waals surface area (Å²) < 4.78 is 0. The molecule has 1 saturated heterocycles. The Morgan fingerprint density at radius 3 is 2.58 bits per heavy atom. The molecule has 9 unspecified atom stereocenters. The molecule has 0 spiro atoms. The lowest BCUT2D eigenvalue weighted by Crippen LogP contribution is -2.46. The van der Waals surface area contributed by atoms with Crippen molar-refractivity contribution in [3.8, 4) is 0 Å². The average molecular weight is 441 g/mol. The number of hydrogen-bond donors (Lipinski definition) is 0. The first-order chi connectivity index (χ1) is 15.1. The van der Waals surface area contributed by atoms with Crippen LogP contribution in [0.25, 0.3) is 0 Å². The molecule has 7 fully saturated rings. The minimum atomic E-state index is -0.135. The van der Waals surface area contributed by atoms with Crippen LogP contribution in [0.15, 0.2) is 4.99 Å². The second-order valence-corrected chi connectivity index (χ2v) is 13.4. The Kier molecular flexibility index (Phi) is 4.48. The lowest BCUT2D eigenvalue weighted by Gasteiger charge is -2.43. The van der Waals surface area contributed by atoms with Gasteiger partial charge in [0.15, 0.2) is 5.17 Å². The summed E-state index contributed by atoms with van der Waals surface area (Å²) in [6.45, 7) is 0.749. The van der Waals surface area contributed by atoms with E-state index in [0.717, 1.165) is 78.7 Å². The van der Waals surface area contributed by atoms with Crippen LogP contribution in [0.5, 0.6) is 0 Å². The Labute approximate surface area is 190 Å². The predicted octanol–water partition coefficient (Wildman–Crippen LogP) is 5.12. The molecule has 1 heterocycles. The molecule has 0 aromatic carbocycles. The molecule has 7 rings (SSSR count). The number of amides is 2. The van der Waals surface area contributed by atoms with Crippen LogP contribution in [0.2, 0.25) is 0 Å². The number of fused-ring (bicyclic) bond motifs is 3. The summed E-state index contributed by atoms with van der Waals surface area (Å²) >= 11 is 1.65. The summed E-state index contributed by atoms with van der Waals surface area (Å²) in [6.07, 6.45) is 15.0. The number of hydrogen-bond acceptors (Lipinski definition) is 3. The maximum atomic E-state index is 13.9. The van der Waals surface area contributed by atoms with Crippen LogP contribution in [0.3, 0.4) is 0 Å². The first-order valence-electron chi connectivity index (χ1n) is 13.2. The minimum absolute atomic E-state index is 0.106. The molecule has 31 heavy (non-hydrogen) atoms. The molecule has 0 radical (unpaired) electrons. The number of thioether (sulfide) groups is 1. The summed E-state index contributed by atoms with van der Waals surface area (Å²) in [6, 6.07) is 0. The van der Waals surface area contributed by atoms with E-state index < -0.39 is 0 Å². The number of nitrogens with zero attached hydrogens (tertiary/aromatic N) is 2. The van der Waals surface area contributed by atoms with Gasteiger partial charge in [-0.15, -0.1) is 0 Å². The van der Waals surface area contributed by atoms with Gasteiger partial charge in [-0.25, -0.2) is 0 Å². The number of carbonyl (C=O) groups is 2. The van der Waals surface area contributed by atoms with Gasteiger partial charge < -0.3 is 0 Å². The molecule has 7 aliphatic rings. The zero-order valence-corrected chi connectivity index (χ0v) is 19.5. The summed E-state index contributed by atoms with van der Waals surface area (Å²) in [5, 5.41) is 0.746. The lowest BCUT2D eigenvalue weighted by molar-refractivity contribution is -0.139. The fourth-order valence-corrected chi connectivity index (χ4v) is 10.7. The van der Waals surface area contributed by atoms with Crippen LogP contribution >= 0.6 is 11.8 Å². The van der Waals surface area contributed by atoms with Gasteiger partial charge in [0.25, 0.3) is 5.91 Å². The van der Waals surface area contributed by atoms with Crippen molar-refractivity contribution in [3.63, 3.8) is 0 Å². The summed E-state index contributed by atoms with van der Waals surface area (Å²) in [5.41, 5.74) is -0.135. The topological polar surface area (TPSA) is 49.7 Å². The molecule has 0 aromatic heterocycles. The van der Waals surface area contributed by atoms with Crippen molar-refractivity contribution < 1.29 is 9.59 Å². The standard InChI is InChI=1S/C26H36N2O2S/c29-23(22-11-15-1-3-17-5-6-20(22)21(17)10-15)27-25-28(7-8-31-25)24(30)26-12-16-2-4-18(13-26)19(9-16)14-26/h15-22H,1-14H2/b27-25-. The van der Waals surface area contributed by atoms with E-state index in [1.807, 2.05) is 4.90 Å². The Morgan fingerprint density at radius 2 is 1.65 bits per heavy atom. The van der Waals surface area contributed by atoms with E-state index in [-0.39, 0.29) is 17.2 Å². The summed E-state index contributed by atoms with van der Waals surface area (Å²) in [7, 11) is 0. The van der Waals surface area contributed by atoms with Crippen molar-refractivity contribution in [1.82, 2.24) is 4.90 Å². The number of aliphatic imine (C=N–C) groups is 1.